The van der Waals surface area contributed by atoms with E-state index in [1.54, 1.807) is 0 Å². The SMILES string of the molecule is CC1CN(C(=O)c2ccccc2I)CCS1. The van der Waals surface area contributed by atoms with E-state index in [2.05, 4.69) is 29.5 Å². The lowest BCUT2D eigenvalue weighted by Crippen LogP contribution is -2.41. The Hall–Kier alpha value is -0.230. The highest BCUT2D eigenvalue weighted by Crippen LogP contribution is 2.21. The maximum Gasteiger partial charge on any atom is 0.254 e. The van der Waals surface area contributed by atoms with E-state index in [1.165, 1.54) is 0 Å². The van der Waals surface area contributed by atoms with Crippen molar-refractivity contribution in [3.8, 4) is 0 Å². The van der Waals surface area contributed by atoms with Crippen LogP contribution in [0.3, 0.4) is 0 Å². The lowest BCUT2D eigenvalue weighted by Gasteiger charge is -2.30. The molecule has 16 heavy (non-hydrogen) atoms. The van der Waals surface area contributed by atoms with E-state index in [-0.39, 0.29) is 5.91 Å². The Morgan fingerprint density at radius 2 is 2.25 bits per heavy atom. The van der Waals surface area contributed by atoms with Crippen LogP contribution in [0.1, 0.15) is 17.3 Å². The summed E-state index contributed by atoms with van der Waals surface area (Å²) in [5.41, 5.74) is 0.835. The first-order valence-corrected chi connectivity index (χ1v) is 7.46. The molecule has 0 N–H and O–H groups in total. The molecule has 1 saturated heterocycles. The van der Waals surface area contributed by atoms with Crippen molar-refractivity contribution in [1.82, 2.24) is 4.90 Å². The molecule has 2 rings (SSSR count). The summed E-state index contributed by atoms with van der Waals surface area (Å²) in [7, 11) is 0. The zero-order valence-electron chi connectivity index (χ0n) is 9.15. The highest BCUT2D eigenvalue weighted by Gasteiger charge is 2.23. The van der Waals surface area contributed by atoms with Gasteiger partial charge in [0.15, 0.2) is 0 Å². The number of benzene rings is 1. The zero-order chi connectivity index (χ0) is 11.5. The lowest BCUT2D eigenvalue weighted by atomic mass is 10.2. The summed E-state index contributed by atoms with van der Waals surface area (Å²) in [6, 6.07) is 7.79. The summed E-state index contributed by atoms with van der Waals surface area (Å²) < 4.78 is 1.04. The largest absolute Gasteiger partial charge is 0.337 e. The number of rotatable bonds is 1. The first-order valence-electron chi connectivity index (χ1n) is 5.34. The van der Waals surface area contributed by atoms with Crippen LogP contribution in [0.5, 0.6) is 0 Å². The quantitative estimate of drug-likeness (QED) is 0.728. The topological polar surface area (TPSA) is 20.3 Å². The predicted octanol–water partition coefficient (Wildman–Crippen LogP) is 2.87. The zero-order valence-corrected chi connectivity index (χ0v) is 12.1. The molecule has 2 nitrogen and oxygen atoms in total. The lowest BCUT2D eigenvalue weighted by molar-refractivity contribution is 0.0762. The molecule has 1 aliphatic heterocycles. The number of thioether (sulfide) groups is 1. The predicted molar refractivity (Wildman–Crippen MR) is 77.0 cm³/mol. The van der Waals surface area contributed by atoms with Gasteiger partial charge in [0.1, 0.15) is 0 Å². The van der Waals surface area contributed by atoms with Gasteiger partial charge in [0.25, 0.3) is 5.91 Å². The molecule has 1 aliphatic rings. The van der Waals surface area contributed by atoms with Gasteiger partial charge in [-0.05, 0) is 34.7 Å². The van der Waals surface area contributed by atoms with Gasteiger partial charge in [-0.2, -0.15) is 11.8 Å². The normalized spacial score (nSPS) is 20.9. The molecule has 1 aromatic carbocycles. The van der Waals surface area contributed by atoms with Crippen molar-refractivity contribution in [3.63, 3.8) is 0 Å². The Morgan fingerprint density at radius 3 is 2.94 bits per heavy atom. The van der Waals surface area contributed by atoms with Crippen molar-refractivity contribution in [2.75, 3.05) is 18.8 Å². The van der Waals surface area contributed by atoms with Crippen molar-refractivity contribution < 1.29 is 4.79 Å². The molecule has 86 valence electrons. The maximum absolute atomic E-state index is 12.3. The summed E-state index contributed by atoms with van der Waals surface area (Å²) in [5, 5.41) is 0.555. The molecule has 1 unspecified atom stereocenters. The molecule has 0 spiro atoms. The fourth-order valence-electron chi connectivity index (χ4n) is 1.81. The van der Waals surface area contributed by atoms with Gasteiger partial charge < -0.3 is 4.90 Å². The third-order valence-electron chi connectivity index (χ3n) is 2.63. The Balaban J connectivity index is 2.16. The highest BCUT2D eigenvalue weighted by molar-refractivity contribution is 14.1. The molecule has 1 atom stereocenters. The minimum Gasteiger partial charge on any atom is -0.337 e. The first kappa shape index (κ1) is 12.2. The summed E-state index contributed by atoms with van der Waals surface area (Å²) in [6.07, 6.45) is 0. The number of hydrogen-bond donors (Lipinski definition) is 0. The Labute approximate surface area is 114 Å². The van der Waals surface area contributed by atoms with Gasteiger partial charge in [-0.3, -0.25) is 4.79 Å². The van der Waals surface area contributed by atoms with E-state index in [0.717, 1.165) is 28.0 Å². The Bertz CT molecular complexity index is 396. The number of halogens is 1. The second kappa shape index (κ2) is 5.40. The van der Waals surface area contributed by atoms with E-state index in [9.17, 15) is 4.79 Å². The molecule has 0 aromatic heterocycles. The van der Waals surface area contributed by atoms with Crippen LogP contribution in [0.15, 0.2) is 24.3 Å². The average molecular weight is 347 g/mol. The van der Waals surface area contributed by atoms with Gasteiger partial charge in [-0.25, -0.2) is 0 Å². The smallest absolute Gasteiger partial charge is 0.254 e. The maximum atomic E-state index is 12.3. The summed E-state index contributed by atoms with van der Waals surface area (Å²) in [6.45, 7) is 3.92. The molecule has 0 aliphatic carbocycles. The third-order valence-corrected chi connectivity index (χ3v) is 4.71. The second-order valence-corrected chi connectivity index (χ2v) is 6.62. The molecular weight excluding hydrogens is 333 g/mol. The second-order valence-electron chi connectivity index (χ2n) is 3.91. The van der Waals surface area contributed by atoms with Crippen LogP contribution >= 0.6 is 34.4 Å². The number of carbonyl (C=O) groups excluding carboxylic acids is 1. The third kappa shape index (κ3) is 2.71. The average Bonchev–Trinajstić information content (AvgIpc) is 2.29. The van der Waals surface area contributed by atoms with Crippen molar-refractivity contribution >= 4 is 40.3 Å². The van der Waals surface area contributed by atoms with Gasteiger partial charge in [-0.1, -0.05) is 19.1 Å². The van der Waals surface area contributed by atoms with Crippen molar-refractivity contribution in [3.05, 3.63) is 33.4 Å². The first-order chi connectivity index (χ1) is 7.68. The van der Waals surface area contributed by atoms with Gasteiger partial charge in [0.05, 0.1) is 5.56 Å². The van der Waals surface area contributed by atoms with E-state index in [1.807, 2.05) is 40.9 Å². The molecule has 1 aromatic rings. The monoisotopic (exact) mass is 347 g/mol. The minimum absolute atomic E-state index is 0.178. The van der Waals surface area contributed by atoms with Crippen LogP contribution in [0.25, 0.3) is 0 Å². The van der Waals surface area contributed by atoms with E-state index in [4.69, 9.17) is 0 Å². The van der Waals surface area contributed by atoms with E-state index in [0.29, 0.717) is 5.25 Å². The Kier molecular flexibility index (Phi) is 4.13. The number of carbonyl (C=O) groups is 1. The van der Waals surface area contributed by atoms with Crippen molar-refractivity contribution in [2.24, 2.45) is 0 Å². The standard InChI is InChI=1S/C12H14INOS/c1-9-8-14(6-7-16-9)12(15)10-4-2-3-5-11(10)13/h2-5,9H,6-8H2,1H3. The van der Waals surface area contributed by atoms with Gasteiger partial charge in [0, 0.05) is 27.7 Å². The van der Waals surface area contributed by atoms with Crippen LogP contribution in [0, 0.1) is 3.57 Å². The molecule has 1 fully saturated rings. The van der Waals surface area contributed by atoms with Gasteiger partial charge in [-0.15, -0.1) is 0 Å². The summed E-state index contributed by atoms with van der Waals surface area (Å²) >= 11 is 4.17. The van der Waals surface area contributed by atoms with E-state index >= 15 is 0 Å². The van der Waals surface area contributed by atoms with Crippen LogP contribution < -0.4 is 0 Å². The fourth-order valence-corrected chi connectivity index (χ4v) is 3.44. The number of amides is 1. The highest BCUT2D eigenvalue weighted by atomic mass is 127. The van der Waals surface area contributed by atoms with Crippen LogP contribution in [0.4, 0.5) is 0 Å². The molecule has 0 radical (unpaired) electrons. The van der Waals surface area contributed by atoms with E-state index < -0.39 is 0 Å². The molecule has 1 heterocycles. The van der Waals surface area contributed by atoms with Gasteiger partial charge in [0.2, 0.25) is 0 Å². The van der Waals surface area contributed by atoms with Crippen molar-refractivity contribution in [1.29, 1.82) is 0 Å². The molecular formula is C12H14INOS. The summed E-state index contributed by atoms with van der Waals surface area (Å²) in [5.74, 6) is 1.23. The van der Waals surface area contributed by atoms with Crippen LogP contribution in [0.2, 0.25) is 0 Å². The fraction of sp³-hybridized carbons (Fsp3) is 0.417. The molecule has 0 saturated carbocycles. The van der Waals surface area contributed by atoms with Crippen molar-refractivity contribution in [2.45, 2.75) is 12.2 Å². The summed E-state index contributed by atoms with van der Waals surface area (Å²) in [4.78, 5) is 14.2. The molecule has 4 heteroatoms. The Morgan fingerprint density at radius 1 is 1.50 bits per heavy atom. The van der Waals surface area contributed by atoms with Crippen LogP contribution in [-0.4, -0.2) is 34.9 Å². The van der Waals surface area contributed by atoms with Crippen LogP contribution in [-0.2, 0) is 0 Å². The molecule has 1 amide bonds. The molecule has 0 bridgehead atoms. The number of nitrogens with zero attached hydrogens (tertiary/aromatic N) is 1. The van der Waals surface area contributed by atoms with Gasteiger partial charge >= 0.3 is 0 Å². The minimum atomic E-state index is 0.178. The number of hydrogen-bond acceptors (Lipinski definition) is 2.